The average molecular weight is 275 g/mol. The lowest BCUT2D eigenvalue weighted by molar-refractivity contribution is -0.385. The molecule has 0 aliphatic carbocycles. The molecule has 0 aliphatic rings. The zero-order chi connectivity index (χ0) is 14.7. The molecule has 1 heterocycles. The van der Waals surface area contributed by atoms with Crippen molar-refractivity contribution < 1.29 is 9.66 Å². The van der Waals surface area contributed by atoms with Gasteiger partial charge in [0, 0.05) is 30.9 Å². The van der Waals surface area contributed by atoms with Gasteiger partial charge < -0.3 is 9.30 Å². The largest absolute Gasteiger partial charge is 0.496 e. The third-order valence-electron chi connectivity index (χ3n) is 3.01. The second-order valence-electron chi connectivity index (χ2n) is 4.86. The summed E-state index contributed by atoms with van der Waals surface area (Å²) in [5, 5.41) is 10.9. The summed E-state index contributed by atoms with van der Waals surface area (Å²) in [5.41, 5.74) is 0.849. The van der Waals surface area contributed by atoms with Crippen molar-refractivity contribution in [3.8, 4) is 5.75 Å². The molecule has 6 heteroatoms. The Labute approximate surface area is 117 Å². The van der Waals surface area contributed by atoms with Crippen molar-refractivity contribution in [2.24, 2.45) is 0 Å². The van der Waals surface area contributed by atoms with Gasteiger partial charge in [-0.3, -0.25) is 10.1 Å². The second kappa shape index (κ2) is 5.73. The van der Waals surface area contributed by atoms with Crippen molar-refractivity contribution in [1.82, 2.24) is 9.55 Å². The van der Waals surface area contributed by atoms with Crippen molar-refractivity contribution in [3.05, 3.63) is 52.1 Å². The summed E-state index contributed by atoms with van der Waals surface area (Å²) >= 11 is 0. The van der Waals surface area contributed by atoms with Crippen molar-refractivity contribution in [2.75, 3.05) is 7.11 Å². The quantitative estimate of drug-likeness (QED) is 0.621. The monoisotopic (exact) mass is 275 g/mol. The SMILES string of the molecule is COc1cc(Cn2ccnc2C(C)C)cc([N+](=O)[O-])c1. The lowest BCUT2D eigenvalue weighted by Crippen LogP contribution is -2.06. The molecule has 20 heavy (non-hydrogen) atoms. The van der Waals surface area contributed by atoms with Gasteiger partial charge in [0.1, 0.15) is 11.6 Å². The van der Waals surface area contributed by atoms with Crippen molar-refractivity contribution in [3.63, 3.8) is 0 Å². The summed E-state index contributed by atoms with van der Waals surface area (Å²) in [6, 6.07) is 4.78. The minimum atomic E-state index is -0.413. The van der Waals surface area contributed by atoms with E-state index in [-0.39, 0.29) is 5.69 Å². The number of imidazole rings is 1. The van der Waals surface area contributed by atoms with Crippen LogP contribution in [0, 0.1) is 10.1 Å². The van der Waals surface area contributed by atoms with E-state index in [0.717, 1.165) is 11.4 Å². The third kappa shape index (κ3) is 2.96. The van der Waals surface area contributed by atoms with Crippen LogP contribution in [0.2, 0.25) is 0 Å². The fourth-order valence-corrected chi connectivity index (χ4v) is 2.11. The molecule has 0 amide bonds. The van der Waals surface area contributed by atoms with Crippen LogP contribution in [0.25, 0.3) is 0 Å². The first-order chi connectivity index (χ1) is 9.51. The highest BCUT2D eigenvalue weighted by atomic mass is 16.6. The average Bonchev–Trinajstić information content (AvgIpc) is 2.86. The van der Waals surface area contributed by atoms with E-state index < -0.39 is 4.92 Å². The van der Waals surface area contributed by atoms with Gasteiger partial charge in [0.2, 0.25) is 0 Å². The first-order valence-electron chi connectivity index (χ1n) is 6.34. The predicted octanol–water partition coefficient (Wildman–Crippen LogP) is 2.97. The smallest absolute Gasteiger partial charge is 0.273 e. The lowest BCUT2D eigenvalue weighted by atomic mass is 10.1. The highest BCUT2D eigenvalue weighted by Gasteiger charge is 2.12. The molecule has 0 N–H and O–H groups in total. The Hall–Kier alpha value is -2.37. The zero-order valence-electron chi connectivity index (χ0n) is 11.7. The number of rotatable bonds is 5. The van der Waals surface area contributed by atoms with Crippen molar-refractivity contribution in [1.29, 1.82) is 0 Å². The maximum absolute atomic E-state index is 10.9. The van der Waals surface area contributed by atoms with E-state index in [4.69, 9.17) is 4.74 Å². The Bertz CT molecular complexity index is 620. The maximum atomic E-state index is 10.9. The summed E-state index contributed by atoms with van der Waals surface area (Å²) < 4.78 is 7.10. The van der Waals surface area contributed by atoms with E-state index in [0.29, 0.717) is 18.2 Å². The third-order valence-corrected chi connectivity index (χ3v) is 3.01. The number of benzene rings is 1. The van der Waals surface area contributed by atoms with Gasteiger partial charge in [-0.1, -0.05) is 13.8 Å². The molecule has 0 saturated heterocycles. The Morgan fingerprint density at radius 3 is 2.75 bits per heavy atom. The van der Waals surface area contributed by atoms with Crippen LogP contribution in [-0.2, 0) is 6.54 Å². The molecule has 6 nitrogen and oxygen atoms in total. The van der Waals surface area contributed by atoms with Crippen LogP contribution in [0.5, 0.6) is 5.75 Å². The van der Waals surface area contributed by atoms with E-state index in [9.17, 15) is 10.1 Å². The maximum Gasteiger partial charge on any atom is 0.273 e. The Kier molecular flexibility index (Phi) is 4.02. The number of nitro benzene ring substituents is 1. The first kappa shape index (κ1) is 14.0. The highest BCUT2D eigenvalue weighted by Crippen LogP contribution is 2.24. The first-order valence-corrected chi connectivity index (χ1v) is 6.34. The van der Waals surface area contributed by atoms with Gasteiger partial charge in [0.05, 0.1) is 18.1 Å². The van der Waals surface area contributed by atoms with Gasteiger partial charge >= 0.3 is 0 Å². The lowest BCUT2D eigenvalue weighted by Gasteiger charge is -2.11. The minimum Gasteiger partial charge on any atom is -0.496 e. The van der Waals surface area contributed by atoms with Crippen LogP contribution in [0.4, 0.5) is 5.69 Å². The normalized spacial score (nSPS) is 10.8. The number of hydrogen-bond acceptors (Lipinski definition) is 4. The van der Waals surface area contributed by atoms with E-state index in [2.05, 4.69) is 18.8 Å². The van der Waals surface area contributed by atoms with Gasteiger partial charge in [0.25, 0.3) is 5.69 Å². The molecular formula is C14H17N3O3. The molecule has 1 aromatic carbocycles. The molecule has 1 aromatic heterocycles. The molecule has 0 unspecified atom stereocenters. The number of aromatic nitrogens is 2. The Morgan fingerprint density at radius 2 is 2.15 bits per heavy atom. The number of ether oxygens (including phenoxy) is 1. The molecule has 2 rings (SSSR count). The van der Waals surface area contributed by atoms with E-state index in [1.165, 1.54) is 13.2 Å². The summed E-state index contributed by atoms with van der Waals surface area (Å²) in [6.45, 7) is 4.66. The molecule has 0 bridgehead atoms. The number of hydrogen-bond donors (Lipinski definition) is 0. The van der Waals surface area contributed by atoms with Gasteiger partial charge in [-0.2, -0.15) is 0 Å². The van der Waals surface area contributed by atoms with Crippen LogP contribution < -0.4 is 4.74 Å². The fraction of sp³-hybridized carbons (Fsp3) is 0.357. The molecule has 0 radical (unpaired) electrons. The van der Waals surface area contributed by atoms with Crippen LogP contribution in [0.3, 0.4) is 0 Å². The number of non-ortho nitro benzene ring substituents is 1. The zero-order valence-corrected chi connectivity index (χ0v) is 11.7. The van der Waals surface area contributed by atoms with Crippen molar-refractivity contribution in [2.45, 2.75) is 26.3 Å². The Morgan fingerprint density at radius 1 is 1.40 bits per heavy atom. The molecule has 0 fully saturated rings. The summed E-state index contributed by atoms with van der Waals surface area (Å²) in [7, 11) is 1.50. The number of nitro groups is 1. The number of methoxy groups -OCH3 is 1. The van der Waals surface area contributed by atoms with Crippen molar-refractivity contribution >= 4 is 5.69 Å². The summed E-state index contributed by atoms with van der Waals surface area (Å²) in [5.74, 6) is 1.74. The fourth-order valence-electron chi connectivity index (χ4n) is 2.11. The molecule has 106 valence electrons. The highest BCUT2D eigenvalue weighted by molar-refractivity contribution is 5.43. The van der Waals surface area contributed by atoms with Gasteiger partial charge in [-0.25, -0.2) is 4.98 Å². The van der Waals surface area contributed by atoms with Gasteiger partial charge in [0.15, 0.2) is 0 Å². The summed E-state index contributed by atoms with van der Waals surface area (Å²) in [4.78, 5) is 14.8. The molecule has 2 aromatic rings. The molecular weight excluding hydrogens is 258 g/mol. The molecule has 0 spiro atoms. The standard InChI is InChI=1S/C14H17N3O3/c1-10(2)14-15-4-5-16(14)9-11-6-12(17(18)19)8-13(7-11)20-3/h4-8,10H,9H2,1-3H3. The molecule has 0 saturated carbocycles. The number of nitrogens with zero attached hydrogens (tertiary/aromatic N) is 3. The molecule has 0 atom stereocenters. The van der Waals surface area contributed by atoms with Crippen LogP contribution in [0.1, 0.15) is 31.2 Å². The predicted molar refractivity (Wildman–Crippen MR) is 75.1 cm³/mol. The van der Waals surface area contributed by atoms with Crippen LogP contribution >= 0.6 is 0 Å². The molecule has 0 aliphatic heterocycles. The van der Waals surface area contributed by atoms with E-state index in [1.54, 1.807) is 18.3 Å². The minimum absolute atomic E-state index is 0.0329. The second-order valence-corrected chi connectivity index (χ2v) is 4.86. The van der Waals surface area contributed by atoms with E-state index >= 15 is 0 Å². The van der Waals surface area contributed by atoms with Gasteiger partial charge in [-0.05, 0) is 11.6 Å². The van der Waals surface area contributed by atoms with Crippen LogP contribution in [-0.4, -0.2) is 21.6 Å². The summed E-state index contributed by atoms with van der Waals surface area (Å²) in [6.07, 6.45) is 3.62. The van der Waals surface area contributed by atoms with Gasteiger partial charge in [-0.15, -0.1) is 0 Å². The topological polar surface area (TPSA) is 70.2 Å². The van der Waals surface area contributed by atoms with E-state index in [1.807, 2.05) is 10.8 Å². The Balaban J connectivity index is 2.35. The van der Waals surface area contributed by atoms with Crippen LogP contribution in [0.15, 0.2) is 30.6 Å².